The van der Waals surface area contributed by atoms with E-state index in [2.05, 4.69) is 26.1 Å². The van der Waals surface area contributed by atoms with Gasteiger partial charge in [0.25, 0.3) is 0 Å². The first-order valence-corrected chi connectivity index (χ1v) is 6.47. The van der Waals surface area contributed by atoms with Crippen LogP contribution in [-0.2, 0) is 4.79 Å². The lowest BCUT2D eigenvalue weighted by molar-refractivity contribution is -0.136. The van der Waals surface area contributed by atoms with Crippen molar-refractivity contribution in [1.29, 1.82) is 0 Å². The van der Waals surface area contributed by atoms with Gasteiger partial charge in [-0.25, -0.2) is 0 Å². The number of hydrogen-bond acceptors (Lipinski definition) is 2. The number of unbranched alkanes of at least 4 members (excludes halogenated alkanes) is 1. The van der Waals surface area contributed by atoms with E-state index in [0.717, 1.165) is 32.4 Å². The number of carbonyl (C=O) groups excluding carboxylic acids is 1. The zero-order valence-corrected chi connectivity index (χ0v) is 11.2. The number of rotatable bonds is 4. The normalized spacial score (nSPS) is 24.1. The third-order valence-corrected chi connectivity index (χ3v) is 3.60. The Bertz CT molecular complexity index is 238. The minimum Gasteiger partial charge on any atom is -0.344 e. The van der Waals surface area contributed by atoms with E-state index in [-0.39, 0.29) is 17.4 Å². The maximum atomic E-state index is 12.3. The van der Waals surface area contributed by atoms with Gasteiger partial charge in [0.05, 0.1) is 6.04 Å². The number of nitrogens with zero attached hydrogens (tertiary/aromatic N) is 1. The third-order valence-electron chi connectivity index (χ3n) is 3.60. The van der Waals surface area contributed by atoms with E-state index < -0.39 is 0 Å². The molecule has 1 aliphatic heterocycles. The first-order chi connectivity index (χ1) is 7.49. The van der Waals surface area contributed by atoms with E-state index in [4.69, 9.17) is 0 Å². The predicted molar refractivity (Wildman–Crippen MR) is 67.4 cm³/mol. The number of carbonyl (C=O) groups is 1. The summed E-state index contributed by atoms with van der Waals surface area (Å²) in [5.74, 6) is 0.262. The van der Waals surface area contributed by atoms with Crippen LogP contribution in [-0.4, -0.2) is 37.0 Å². The largest absolute Gasteiger partial charge is 0.344 e. The summed E-state index contributed by atoms with van der Waals surface area (Å²) in [6, 6.07) is 0.00288. The van der Waals surface area contributed by atoms with Gasteiger partial charge in [0.1, 0.15) is 0 Å². The molecular weight excluding hydrogens is 200 g/mol. The van der Waals surface area contributed by atoms with Crippen molar-refractivity contribution in [3.05, 3.63) is 0 Å². The lowest BCUT2D eigenvalue weighted by atomic mass is 9.77. The Balaban J connectivity index is 2.57. The molecule has 0 aromatic heterocycles. The van der Waals surface area contributed by atoms with E-state index in [1.54, 1.807) is 0 Å². The molecule has 0 aromatic rings. The molecule has 1 N–H and O–H groups in total. The number of piperidine rings is 1. The van der Waals surface area contributed by atoms with E-state index in [1.807, 2.05) is 11.9 Å². The van der Waals surface area contributed by atoms with Crippen molar-refractivity contribution in [2.45, 2.75) is 52.5 Å². The van der Waals surface area contributed by atoms with Crippen LogP contribution in [0, 0.1) is 5.41 Å². The molecule has 1 amide bonds. The summed E-state index contributed by atoms with van der Waals surface area (Å²) in [4.78, 5) is 14.2. The summed E-state index contributed by atoms with van der Waals surface area (Å²) in [5.41, 5.74) is 0.0931. The SMILES string of the molecule is CCCCN(C)C(=O)C1NCCCC1(C)C. The maximum absolute atomic E-state index is 12.3. The molecule has 1 heterocycles. The summed E-state index contributed by atoms with van der Waals surface area (Å²) in [6.45, 7) is 8.39. The summed E-state index contributed by atoms with van der Waals surface area (Å²) < 4.78 is 0. The van der Waals surface area contributed by atoms with Gasteiger partial charge in [0.2, 0.25) is 5.91 Å². The minimum atomic E-state index is 0.00288. The molecule has 0 radical (unpaired) electrons. The van der Waals surface area contributed by atoms with Crippen LogP contribution in [0.5, 0.6) is 0 Å². The fourth-order valence-corrected chi connectivity index (χ4v) is 2.36. The van der Waals surface area contributed by atoms with Gasteiger partial charge in [-0.2, -0.15) is 0 Å². The van der Waals surface area contributed by atoms with Crippen molar-refractivity contribution >= 4 is 5.91 Å². The highest BCUT2D eigenvalue weighted by Gasteiger charge is 2.38. The Morgan fingerprint density at radius 1 is 1.50 bits per heavy atom. The van der Waals surface area contributed by atoms with Gasteiger partial charge in [-0.3, -0.25) is 4.79 Å². The second-order valence-corrected chi connectivity index (χ2v) is 5.59. The molecule has 0 bridgehead atoms. The van der Waals surface area contributed by atoms with Crippen LogP contribution in [0.3, 0.4) is 0 Å². The molecule has 3 nitrogen and oxygen atoms in total. The average Bonchev–Trinajstić information content (AvgIpc) is 2.24. The second-order valence-electron chi connectivity index (χ2n) is 5.59. The van der Waals surface area contributed by atoms with Gasteiger partial charge in [-0.15, -0.1) is 0 Å². The number of hydrogen-bond donors (Lipinski definition) is 1. The second kappa shape index (κ2) is 5.67. The number of likely N-dealkylation sites (N-methyl/N-ethyl adjacent to an activating group) is 1. The first-order valence-electron chi connectivity index (χ1n) is 6.47. The topological polar surface area (TPSA) is 32.3 Å². The highest BCUT2D eigenvalue weighted by atomic mass is 16.2. The van der Waals surface area contributed by atoms with Crippen molar-refractivity contribution in [2.75, 3.05) is 20.1 Å². The fraction of sp³-hybridized carbons (Fsp3) is 0.923. The molecule has 3 heteroatoms. The molecule has 1 aliphatic rings. The van der Waals surface area contributed by atoms with E-state index in [0.29, 0.717) is 0 Å². The molecule has 16 heavy (non-hydrogen) atoms. The van der Waals surface area contributed by atoms with Crippen LogP contribution >= 0.6 is 0 Å². The molecule has 0 spiro atoms. The fourth-order valence-electron chi connectivity index (χ4n) is 2.36. The Kier molecular flexibility index (Phi) is 4.78. The predicted octanol–water partition coefficient (Wildman–Crippen LogP) is 2.02. The van der Waals surface area contributed by atoms with E-state index in [9.17, 15) is 4.79 Å². The van der Waals surface area contributed by atoms with Gasteiger partial charge in [0.15, 0.2) is 0 Å². The molecular formula is C13H26N2O. The molecule has 0 aliphatic carbocycles. The summed E-state index contributed by atoms with van der Waals surface area (Å²) in [6.07, 6.45) is 4.54. The summed E-state index contributed by atoms with van der Waals surface area (Å²) in [5, 5.41) is 3.38. The van der Waals surface area contributed by atoms with Crippen LogP contribution in [0.4, 0.5) is 0 Å². The monoisotopic (exact) mass is 226 g/mol. The Hall–Kier alpha value is -0.570. The smallest absolute Gasteiger partial charge is 0.239 e. The van der Waals surface area contributed by atoms with Crippen molar-refractivity contribution < 1.29 is 4.79 Å². The lowest BCUT2D eigenvalue weighted by Crippen LogP contribution is -2.55. The van der Waals surface area contributed by atoms with Crippen LogP contribution in [0.2, 0.25) is 0 Å². The molecule has 1 fully saturated rings. The first kappa shape index (κ1) is 13.5. The zero-order valence-electron chi connectivity index (χ0n) is 11.2. The molecule has 1 rings (SSSR count). The van der Waals surface area contributed by atoms with Gasteiger partial charge in [-0.1, -0.05) is 27.2 Å². The van der Waals surface area contributed by atoms with Crippen LogP contribution < -0.4 is 5.32 Å². The van der Waals surface area contributed by atoms with Crippen LogP contribution in [0.1, 0.15) is 46.5 Å². The number of amides is 1. The quantitative estimate of drug-likeness (QED) is 0.795. The maximum Gasteiger partial charge on any atom is 0.239 e. The molecule has 0 saturated carbocycles. The van der Waals surface area contributed by atoms with Crippen molar-refractivity contribution in [3.63, 3.8) is 0 Å². The minimum absolute atomic E-state index is 0.00288. The van der Waals surface area contributed by atoms with Gasteiger partial charge in [0, 0.05) is 13.6 Å². The molecule has 0 aromatic carbocycles. The van der Waals surface area contributed by atoms with Gasteiger partial charge >= 0.3 is 0 Å². The van der Waals surface area contributed by atoms with E-state index >= 15 is 0 Å². The highest BCUT2D eigenvalue weighted by molar-refractivity contribution is 5.82. The molecule has 1 unspecified atom stereocenters. The lowest BCUT2D eigenvalue weighted by Gasteiger charge is -2.40. The Morgan fingerprint density at radius 2 is 2.19 bits per heavy atom. The van der Waals surface area contributed by atoms with Crippen molar-refractivity contribution in [3.8, 4) is 0 Å². The Labute approximate surface area is 99.6 Å². The van der Waals surface area contributed by atoms with Crippen molar-refractivity contribution in [1.82, 2.24) is 10.2 Å². The van der Waals surface area contributed by atoms with Gasteiger partial charge < -0.3 is 10.2 Å². The van der Waals surface area contributed by atoms with Gasteiger partial charge in [-0.05, 0) is 31.2 Å². The molecule has 1 saturated heterocycles. The summed E-state index contributed by atoms with van der Waals surface area (Å²) >= 11 is 0. The van der Waals surface area contributed by atoms with Crippen LogP contribution in [0.15, 0.2) is 0 Å². The average molecular weight is 226 g/mol. The molecule has 94 valence electrons. The molecule has 1 atom stereocenters. The standard InChI is InChI=1S/C13H26N2O/c1-5-6-10-15(4)12(16)11-13(2,3)8-7-9-14-11/h11,14H,5-10H2,1-4H3. The van der Waals surface area contributed by atoms with Crippen LogP contribution in [0.25, 0.3) is 0 Å². The zero-order chi connectivity index (χ0) is 12.2. The number of nitrogens with one attached hydrogen (secondary N) is 1. The summed E-state index contributed by atoms with van der Waals surface area (Å²) in [7, 11) is 1.92. The third kappa shape index (κ3) is 3.21. The van der Waals surface area contributed by atoms with E-state index in [1.165, 1.54) is 6.42 Å². The highest BCUT2D eigenvalue weighted by Crippen LogP contribution is 2.30. The Morgan fingerprint density at radius 3 is 2.75 bits per heavy atom. The van der Waals surface area contributed by atoms with Crippen molar-refractivity contribution in [2.24, 2.45) is 5.41 Å².